The number of nitrogens with zero attached hydrogens (tertiary/aromatic N) is 2. The standard InChI is InChI=1S/C21H22N4O3/c1-27-17-8-5-7-16(12-17)25-21(26)18-13-24-20(14-23-18)22-11-10-15-6-3-4-9-19(15)28-2/h3-9,12-14H,10-11H2,1-2H3,(H,22,24)(H,25,26). The number of carbonyl (C=O) groups excluding carboxylic acids is 1. The Balaban J connectivity index is 1.54. The molecule has 0 unspecified atom stereocenters. The molecule has 0 aliphatic carbocycles. The summed E-state index contributed by atoms with van der Waals surface area (Å²) in [5.41, 5.74) is 1.98. The number of rotatable bonds is 8. The van der Waals surface area contributed by atoms with Crippen molar-refractivity contribution in [2.24, 2.45) is 0 Å². The van der Waals surface area contributed by atoms with Crippen molar-refractivity contribution in [2.45, 2.75) is 6.42 Å². The maximum Gasteiger partial charge on any atom is 0.275 e. The lowest BCUT2D eigenvalue weighted by Crippen LogP contribution is -2.15. The van der Waals surface area contributed by atoms with Crippen LogP contribution in [-0.4, -0.2) is 36.6 Å². The highest BCUT2D eigenvalue weighted by Gasteiger charge is 2.09. The van der Waals surface area contributed by atoms with Gasteiger partial charge in [-0.25, -0.2) is 9.97 Å². The molecule has 0 spiro atoms. The van der Waals surface area contributed by atoms with E-state index < -0.39 is 0 Å². The Morgan fingerprint density at radius 2 is 1.86 bits per heavy atom. The van der Waals surface area contributed by atoms with Crippen LogP contribution in [0.5, 0.6) is 11.5 Å². The van der Waals surface area contributed by atoms with E-state index in [2.05, 4.69) is 20.6 Å². The van der Waals surface area contributed by atoms with Gasteiger partial charge in [0.1, 0.15) is 23.0 Å². The topological polar surface area (TPSA) is 85.4 Å². The molecule has 28 heavy (non-hydrogen) atoms. The summed E-state index contributed by atoms with van der Waals surface area (Å²) in [7, 11) is 3.24. The molecule has 3 aromatic rings. The van der Waals surface area contributed by atoms with Crippen LogP contribution >= 0.6 is 0 Å². The number of nitrogens with one attached hydrogen (secondary N) is 2. The zero-order valence-electron chi connectivity index (χ0n) is 15.8. The average molecular weight is 378 g/mol. The highest BCUT2D eigenvalue weighted by atomic mass is 16.5. The molecule has 1 heterocycles. The van der Waals surface area contributed by atoms with Crippen molar-refractivity contribution in [1.82, 2.24) is 9.97 Å². The van der Waals surface area contributed by atoms with Crippen LogP contribution in [0.2, 0.25) is 0 Å². The van der Waals surface area contributed by atoms with Gasteiger partial charge < -0.3 is 20.1 Å². The lowest BCUT2D eigenvalue weighted by atomic mass is 10.1. The van der Waals surface area contributed by atoms with Crippen LogP contribution in [0.4, 0.5) is 11.5 Å². The Morgan fingerprint density at radius 1 is 1.00 bits per heavy atom. The molecule has 0 saturated carbocycles. The van der Waals surface area contributed by atoms with E-state index in [1.165, 1.54) is 6.20 Å². The summed E-state index contributed by atoms with van der Waals surface area (Å²) < 4.78 is 10.5. The van der Waals surface area contributed by atoms with E-state index in [1.54, 1.807) is 44.7 Å². The molecule has 1 aromatic heterocycles. The van der Waals surface area contributed by atoms with Gasteiger partial charge in [-0.2, -0.15) is 0 Å². The number of hydrogen-bond acceptors (Lipinski definition) is 6. The maximum absolute atomic E-state index is 12.3. The maximum atomic E-state index is 12.3. The highest BCUT2D eigenvalue weighted by molar-refractivity contribution is 6.02. The van der Waals surface area contributed by atoms with E-state index in [0.717, 1.165) is 17.7 Å². The van der Waals surface area contributed by atoms with E-state index in [1.807, 2.05) is 24.3 Å². The minimum Gasteiger partial charge on any atom is -0.497 e. The number of aromatic nitrogens is 2. The van der Waals surface area contributed by atoms with E-state index in [9.17, 15) is 4.79 Å². The number of amides is 1. The fourth-order valence-corrected chi connectivity index (χ4v) is 2.67. The molecule has 3 rings (SSSR count). The fraction of sp³-hybridized carbons (Fsp3) is 0.190. The largest absolute Gasteiger partial charge is 0.497 e. The van der Waals surface area contributed by atoms with E-state index in [0.29, 0.717) is 23.8 Å². The van der Waals surface area contributed by atoms with Gasteiger partial charge in [0.05, 0.1) is 26.6 Å². The minimum absolute atomic E-state index is 0.234. The minimum atomic E-state index is -0.332. The number of hydrogen-bond donors (Lipinski definition) is 2. The number of carbonyl (C=O) groups is 1. The zero-order valence-corrected chi connectivity index (χ0v) is 15.8. The van der Waals surface area contributed by atoms with Crippen LogP contribution in [0.1, 0.15) is 16.1 Å². The summed E-state index contributed by atoms with van der Waals surface area (Å²) in [5, 5.41) is 5.97. The summed E-state index contributed by atoms with van der Waals surface area (Å²) in [5.74, 6) is 1.80. The third kappa shape index (κ3) is 4.97. The summed E-state index contributed by atoms with van der Waals surface area (Å²) >= 11 is 0. The first-order valence-electron chi connectivity index (χ1n) is 8.83. The Kier molecular flexibility index (Phi) is 6.41. The van der Waals surface area contributed by atoms with Crippen LogP contribution in [0.25, 0.3) is 0 Å². The third-order valence-corrected chi connectivity index (χ3v) is 4.11. The van der Waals surface area contributed by atoms with Gasteiger partial charge in [0, 0.05) is 18.3 Å². The third-order valence-electron chi connectivity index (χ3n) is 4.11. The molecular weight excluding hydrogens is 356 g/mol. The van der Waals surface area contributed by atoms with Gasteiger partial charge in [0.15, 0.2) is 0 Å². The number of anilines is 2. The molecule has 0 bridgehead atoms. The molecule has 0 fully saturated rings. The van der Waals surface area contributed by atoms with Crippen molar-refractivity contribution in [1.29, 1.82) is 0 Å². The highest BCUT2D eigenvalue weighted by Crippen LogP contribution is 2.18. The summed E-state index contributed by atoms with van der Waals surface area (Å²) in [4.78, 5) is 20.7. The second-order valence-electron chi connectivity index (χ2n) is 5.96. The average Bonchev–Trinajstić information content (AvgIpc) is 2.74. The fourth-order valence-electron chi connectivity index (χ4n) is 2.67. The van der Waals surface area contributed by atoms with Crippen LogP contribution < -0.4 is 20.1 Å². The predicted octanol–water partition coefficient (Wildman–Crippen LogP) is 3.40. The first-order valence-corrected chi connectivity index (χ1v) is 8.83. The van der Waals surface area contributed by atoms with Gasteiger partial charge in [-0.3, -0.25) is 4.79 Å². The smallest absolute Gasteiger partial charge is 0.275 e. The Bertz CT molecular complexity index is 929. The second-order valence-corrected chi connectivity index (χ2v) is 5.96. The monoisotopic (exact) mass is 378 g/mol. The SMILES string of the molecule is COc1cccc(NC(=O)c2cnc(NCCc3ccccc3OC)cn2)c1. The Morgan fingerprint density at radius 3 is 2.61 bits per heavy atom. The normalized spacial score (nSPS) is 10.2. The van der Waals surface area contributed by atoms with Gasteiger partial charge in [0.25, 0.3) is 5.91 Å². The Labute approximate surface area is 163 Å². The molecule has 144 valence electrons. The van der Waals surface area contributed by atoms with Crippen LogP contribution in [0, 0.1) is 0 Å². The second kappa shape index (κ2) is 9.36. The molecule has 0 saturated heterocycles. The molecule has 1 amide bonds. The van der Waals surface area contributed by atoms with Crippen molar-refractivity contribution < 1.29 is 14.3 Å². The lowest BCUT2D eigenvalue weighted by Gasteiger charge is -2.10. The number of benzene rings is 2. The van der Waals surface area contributed by atoms with Crippen LogP contribution in [0.15, 0.2) is 60.9 Å². The number of ether oxygens (including phenoxy) is 2. The van der Waals surface area contributed by atoms with Crippen LogP contribution in [0.3, 0.4) is 0 Å². The predicted molar refractivity (Wildman–Crippen MR) is 108 cm³/mol. The van der Waals surface area contributed by atoms with Crippen molar-refractivity contribution in [2.75, 3.05) is 31.4 Å². The molecule has 7 heteroatoms. The molecular formula is C21H22N4O3. The summed E-state index contributed by atoms with van der Waals surface area (Å²) in [6.45, 7) is 0.671. The van der Waals surface area contributed by atoms with E-state index >= 15 is 0 Å². The summed E-state index contributed by atoms with van der Waals surface area (Å²) in [6.07, 6.45) is 3.77. The van der Waals surface area contributed by atoms with Gasteiger partial charge in [-0.15, -0.1) is 0 Å². The first-order chi connectivity index (χ1) is 13.7. The molecule has 0 aliphatic rings. The van der Waals surface area contributed by atoms with Crippen molar-refractivity contribution in [3.63, 3.8) is 0 Å². The number of para-hydroxylation sites is 1. The summed E-state index contributed by atoms with van der Waals surface area (Å²) in [6, 6.07) is 15.0. The molecule has 2 aromatic carbocycles. The van der Waals surface area contributed by atoms with Crippen molar-refractivity contribution in [3.05, 3.63) is 72.2 Å². The first kappa shape index (κ1) is 19.2. The molecule has 7 nitrogen and oxygen atoms in total. The molecule has 2 N–H and O–H groups in total. The van der Waals surface area contributed by atoms with Gasteiger partial charge in [-0.05, 0) is 30.2 Å². The van der Waals surface area contributed by atoms with E-state index in [4.69, 9.17) is 9.47 Å². The van der Waals surface area contributed by atoms with Crippen LogP contribution in [-0.2, 0) is 6.42 Å². The molecule has 0 atom stereocenters. The van der Waals surface area contributed by atoms with Gasteiger partial charge in [0.2, 0.25) is 0 Å². The van der Waals surface area contributed by atoms with Crippen molar-refractivity contribution in [3.8, 4) is 11.5 Å². The van der Waals surface area contributed by atoms with E-state index in [-0.39, 0.29) is 11.6 Å². The number of methoxy groups -OCH3 is 2. The zero-order chi connectivity index (χ0) is 19.8. The quantitative estimate of drug-likeness (QED) is 0.625. The lowest BCUT2D eigenvalue weighted by molar-refractivity contribution is 0.102. The Hall–Kier alpha value is -3.61. The van der Waals surface area contributed by atoms with Crippen molar-refractivity contribution >= 4 is 17.4 Å². The van der Waals surface area contributed by atoms with Gasteiger partial charge in [-0.1, -0.05) is 24.3 Å². The molecule has 0 aliphatic heterocycles. The van der Waals surface area contributed by atoms with Gasteiger partial charge >= 0.3 is 0 Å². The molecule has 0 radical (unpaired) electrons.